The van der Waals surface area contributed by atoms with Crippen molar-refractivity contribution >= 4 is 11.5 Å². The Morgan fingerprint density at radius 1 is 1.59 bits per heavy atom. The maximum Gasteiger partial charge on any atom is 0.0967 e. The number of hydrogen-bond donors (Lipinski definition) is 1. The second kappa shape index (κ2) is 6.48. The van der Waals surface area contributed by atoms with Gasteiger partial charge >= 0.3 is 0 Å². The molecule has 4 nitrogen and oxygen atoms in total. The van der Waals surface area contributed by atoms with Gasteiger partial charge in [0.05, 0.1) is 17.2 Å². The van der Waals surface area contributed by atoms with Gasteiger partial charge in [0.2, 0.25) is 0 Å². The number of hydrogen-bond acceptors (Lipinski definition) is 2. The van der Waals surface area contributed by atoms with E-state index in [1.165, 1.54) is 0 Å². The summed E-state index contributed by atoms with van der Waals surface area (Å²) in [7, 11) is 1.74. The fourth-order valence-electron chi connectivity index (χ4n) is 1.20. The zero-order chi connectivity index (χ0) is 12.7. The van der Waals surface area contributed by atoms with Crippen molar-refractivity contribution < 1.29 is 0 Å². The van der Waals surface area contributed by atoms with E-state index in [0.29, 0.717) is 0 Å². The Hall–Kier alpha value is -2.10. The van der Waals surface area contributed by atoms with Crippen LogP contribution in [0, 0.1) is 6.92 Å². The molecular weight excluding hydrogens is 212 g/mol. The van der Waals surface area contributed by atoms with Crippen molar-refractivity contribution in [1.82, 2.24) is 15.1 Å². The molecule has 0 aliphatic carbocycles. The van der Waals surface area contributed by atoms with Gasteiger partial charge in [-0.25, -0.2) is 4.68 Å². The van der Waals surface area contributed by atoms with Crippen molar-refractivity contribution in [3.05, 3.63) is 49.0 Å². The molecule has 0 aliphatic heterocycles. The summed E-state index contributed by atoms with van der Waals surface area (Å²) in [5, 5.41) is 7.39. The van der Waals surface area contributed by atoms with Crippen molar-refractivity contribution in [2.45, 2.75) is 13.8 Å². The number of aromatic nitrogens is 2. The van der Waals surface area contributed by atoms with E-state index in [9.17, 15) is 0 Å². The van der Waals surface area contributed by atoms with Crippen molar-refractivity contribution in [2.24, 2.45) is 4.99 Å². The minimum Gasteiger partial charge on any atom is -0.351 e. The fraction of sp³-hybridized carbons (Fsp3) is 0.231. The molecule has 90 valence electrons. The summed E-state index contributed by atoms with van der Waals surface area (Å²) < 4.78 is 1.80. The molecule has 0 saturated heterocycles. The molecule has 0 aromatic carbocycles. The molecule has 0 spiro atoms. The first-order valence-electron chi connectivity index (χ1n) is 5.39. The van der Waals surface area contributed by atoms with Crippen LogP contribution in [0.15, 0.2) is 48.3 Å². The minimum absolute atomic E-state index is 0.857. The lowest BCUT2D eigenvalue weighted by atomic mass is 10.3. The summed E-state index contributed by atoms with van der Waals surface area (Å²) in [6, 6.07) is 1.96. The van der Waals surface area contributed by atoms with E-state index in [1.807, 2.05) is 44.5 Å². The molecule has 0 fully saturated rings. The zero-order valence-corrected chi connectivity index (χ0v) is 10.5. The highest BCUT2D eigenvalue weighted by atomic mass is 15.3. The first-order chi connectivity index (χ1) is 8.17. The molecule has 1 rings (SSSR count). The Bertz CT molecular complexity index is 464. The Morgan fingerprint density at radius 3 is 2.88 bits per heavy atom. The van der Waals surface area contributed by atoms with Crippen LogP contribution in [0.4, 0.5) is 0 Å². The minimum atomic E-state index is 0.857. The average Bonchev–Trinajstić information content (AvgIpc) is 2.74. The third-order valence-corrected chi connectivity index (χ3v) is 2.16. The Balaban J connectivity index is 2.82. The normalized spacial score (nSPS) is 13.1. The highest BCUT2D eigenvalue weighted by Crippen LogP contribution is 2.06. The SMILES string of the molecule is C=C/C=C(/C=C\NC(C)=NC)n1ccc(C)n1. The van der Waals surface area contributed by atoms with E-state index < -0.39 is 0 Å². The summed E-state index contributed by atoms with van der Waals surface area (Å²) in [4.78, 5) is 4.00. The summed E-state index contributed by atoms with van der Waals surface area (Å²) in [5.41, 5.74) is 1.91. The molecule has 1 aromatic heterocycles. The van der Waals surface area contributed by atoms with Gasteiger partial charge in [-0.05, 0) is 32.1 Å². The van der Waals surface area contributed by atoms with Gasteiger partial charge in [-0.3, -0.25) is 4.99 Å². The van der Waals surface area contributed by atoms with Gasteiger partial charge in [-0.15, -0.1) is 0 Å². The molecule has 0 amide bonds. The van der Waals surface area contributed by atoms with E-state index in [2.05, 4.69) is 22.0 Å². The number of aryl methyl sites for hydroxylation is 1. The number of nitrogens with one attached hydrogen (secondary N) is 1. The summed E-state index contributed by atoms with van der Waals surface area (Å²) in [6.45, 7) is 7.55. The standard InChI is InChI=1S/C13H18N4/c1-5-6-13(7-9-15-12(3)14-4)17-10-8-11(2)16-17/h5-10H,1H2,2-4H3,(H,14,15)/b9-7-,13-6-. The van der Waals surface area contributed by atoms with Crippen molar-refractivity contribution in [3.8, 4) is 0 Å². The van der Waals surface area contributed by atoms with E-state index in [0.717, 1.165) is 17.2 Å². The number of nitrogens with zero attached hydrogens (tertiary/aromatic N) is 3. The van der Waals surface area contributed by atoms with Gasteiger partial charge in [0.1, 0.15) is 0 Å². The van der Waals surface area contributed by atoms with Crippen LogP contribution < -0.4 is 5.32 Å². The van der Waals surface area contributed by atoms with E-state index in [-0.39, 0.29) is 0 Å². The Labute approximate surface area is 102 Å². The van der Waals surface area contributed by atoms with Crippen molar-refractivity contribution in [3.63, 3.8) is 0 Å². The number of allylic oxidation sites excluding steroid dienone is 4. The van der Waals surface area contributed by atoms with Gasteiger partial charge in [-0.2, -0.15) is 5.10 Å². The van der Waals surface area contributed by atoms with Gasteiger partial charge in [0, 0.05) is 19.4 Å². The molecule has 0 atom stereocenters. The Morgan fingerprint density at radius 2 is 2.35 bits per heavy atom. The van der Waals surface area contributed by atoms with Gasteiger partial charge in [-0.1, -0.05) is 12.7 Å². The van der Waals surface area contributed by atoms with Gasteiger partial charge < -0.3 is 5.32 Å². The van der Waals surface area contributed by atoms with E-state index >= 15 is 0 Å². The smallest absolute Gasteiger partial charge is 0.0967 e. The number of rotatable bonds is 4. The molecule has 1 N–H and O–H groups in total. The molecule has 1 aromatic rings. The average molecular weight is 230 g/mol. The topological polar surface area (TPSA) is 42.2 Å². The number of aliphatic imine (C=N–C) groups is 1. The highest BCUT2D eigenvalue weighted by Gasteiger charge is 1.96. The molecule has 0 bridgehead atoms. The summed E-state index contributed by atoms with van der Waals surface area (Å²) in [6.07, 6.45) is 9.29. The van der Waals surface area contributed by atoms with E-state index in [1.54, 1.807) is 17.8 Å². The molecule has 17 heavy (non-hydrogen) atoms. The van der Waals surface area contributed by atoms with Gasteiger partial charge in [0.25, 0.3) is 0 Å². The van der Waals surface area contributed by atoms with Crippen molar-refractivity contribution in [2.75, 3.05) is 7.05 Å². The van der Waals surface area contributed by atoms with Crippen molar-refractivity contribution in [1.29, 1.82) is 0 Å². The molecule has 0 saturated carbocycles. The van der Waals surface area contributed by atoms with Crippen LogP contribution >= 0.6 is 0 Å². The number of amidine groups is 1. The third-order valence-electron chi connectivity index (χ3n) is 2.16. The second-order valence-corrected chi connectivity index (χ2v) is 3.52. The Kier molecular flexibility index (Phi) is 4.94. The van der Waals surface area contributed by atoms with Crippen LogP contribution in [0.1, 0.15) is 12.6 Å². The van der Waals surface area contributed by atoms with Crippen LogP contribution in [0.2, 0.25) is 0 Å². The predicted octanol–water partition coefficient (Wildman–Crippen LogP) is 2.37. The molecule has 1 heterocycles. The lowest BCUT2D eigenvalue weighted by Crippen LogP contribution is -2.12. The zero-order valence-electron chi connectivity index (χ0n) is 10.5. The molecule has 4 heteroatoms. The van der Waals surface area contributed by atoms with Crippen LogP contribution in [0.3, 0.4) is 0 Å². The molecule has 0 radical (unpaired) electrons. The fourth-order valence-corrected chi connectivity index (χ4v) is 1.20. The lowest BCUT2D eigenvalue weighted by molar-refractivity contribution is 0.888. The maximum atomic E-state index is 4.34. The molecule has 0 unspecified atom stereocenters. The molecule has 0 aliphatic rings. The van der Waals surface area contributed by atoms with Crippen LogP contribution in [-0.4, -0.2) is 22.7 Å². The summed E-state index contributed by atoms with van der Waals surface area (Å²) >= 11 is 0. The van der Waals surface area contributed by atoms with Crippen LogP contribution in [-0.2, 0) is 0 Å². The first kappa shape index (κ1) is 13.0. The largest absolute Gasteiger partial charge is 0.351 e. The summed E-state index contributed by atoms with van der Waals surface area (Å²) in [5.74, 6) is 0.857. The first-order valence-corrected chi connectivity index (χ1v) is 5.39. The quantitative estimate of drug-likeness (QED) is 0.490. The highest BCUT2D eigenvalue weighted by molar-refractivity contribution is 5.80. The monoisotopic (exact) mass is 230 g/mol. The van der Waals surface area contributed by atoms with Crippen LogP contribution in [0.25, 0.3) is 5.70 Å². The van der Waals surface area contributed by atoms with Gasteiger partial charge in [0.15, 0.2) is 0 Å². The third kappa shape index (κ3) is 4.10. The maximum absolute atomic E-state index is 4.34. The van der Waals surface area contributed by atoms with Crippen LogP contribution in [0.5, 0.6) is 0 Å². The lowest BCUT2D eigenvalue weighted by Gasteiger charge is -2.02. The second-order valence-electron chi connectivity index (χ2n) is 3.52. The molecular formula is C13H18N4. The van der Waals surface area contributed by atoms with E-state index in [4.69, 9.17) is 0 Å². The predicted molar refractivity (Wildman–Crippen MR) is 72.7 cm³/mol.